The summed E-state index contributed by atoms with van der Waals surface area (Å²) < 4.78 is 5.29. The maximum absolute atomic E-state index is 11.7. The molecule has 0 aliphatic heterocycles. The summed E-state index contributed by atoms with van der Waals surface area (Å²) in [5.41, 5.74) is 3.67. The van der Waals surface area contributed by atoms with E-state index in [1.807, 2.05) is 13.8 Å². The fraction of sp³-hybridized carbons (Fsp3) is 0.471. The molecule has 0 radical (unpaired) electrons. The maximum atomic E-state index is 11.7. The molecule has 1 aromatic heterocycles. The van der Waals surface area contributed by atoms with Crippen LogP contribution in [-0.4, -0.2) is 15.9 Å². The predicted octanol–water partition coefficient (Wildman–Crippen LogP) is 3.61. The van der Waals surface area contributed by atoms with Crippen molar-refractivity contribution in [2.75, 3.05) is 0 Å². The van der Waals surface area contributed by atoms with Crippen molar-refractivity contribution in [3.63, 3.8) is 0 Å². The van der Waals surface area contributed by atoms with E-state index >= 15 is 0 Å². The third kappa shape index (κ3) is 3.57. The van der Waals surface area contributed by atoms with Gasteiger partial charge >= 0.3 is 0 Å². The quantitative estimate of drug-likeness (QED) is 0.842. The fourth-order valence-corrected chi connectivity index (χ4v) is 2.49. The lowest BCUT2D eigenvalue weighted by atomic mass is 9.92. The van der Waals surface area contributed by atoms with Gasteiger partial charge in [0.2, 0.25) is 5.89 Å². The van der Waals surface area contributed by atoms with E-state index in [9.17, 15) is 4.79 Å². The number of rotatable bonds is 5. The minimum atomic E-state index is -0.314. The summed E-state index contributed by atoms with van der Waals surface area (Å²) in [5.74, 6) is 0.950. The predicted molar refractivity (Wildman–Crippen MR) is 81.3 cm³/mol. The average Bonchev–Trinajstić information content (AvgIpc) is 2.81. The van der Waals surface area contributed by atoms with Crippen LogP contribution in [0.15, 0.2) is 22.7 Å². The zero-order valence-electron chi connectivity index (χ0n) is 13.3. The summed E-state index contributed by atoms with van der Waals surface area (Å²) in [6.45, 7) is 9.72. The van der Waals surface area contributed by atoms with Crippen LogP contribution in [0.3, 0.4) is 0 Å². The first-order valence-corrected chi connectivity index (χ1v) is 7.27. The van der Waals surface area contributed by atoms with Gasteiger partial charge in [0.25, 0.3) is 0 Å². The molecular weight excluding hydrogens is 264 g/mol. The minimum absolute atomic E-state index is 0.0615. The molecule has 21 heavy (non-hydrogen) atoms. The van der Waals surface area contributed by atoms with Gasteiger partial charge in [0, 0.05) is 6.42 Å². The Labute approximate surface area is 125 Å². The largest absolute Gasteiger partial charge is 0.339 e. The summed E-state index contributed by atoms with van der Waals surface area (Å²) in [4.78, 5) is 16.1. The Morgan fingerprint density at radius 2 is 1.95 bits per heavy atom. The Hall–Kier alpha value is -1.97. The first kappa shape index (κ1) is 15.4. The van der Waals surface area contributed by atoms with Crippen LogP contribution in [0.2, 0.25) is 0 Å². The minimum Gasteiger partial charge on any atom is -0.339 e. The van der Waals surface area contributed by atoms with E-state index in [1.54, 1.807) is 6.92 Å². The third-order valence-electron chi connectivity index (χ3n) is 3.79. The summed E-state index contributed by atoms with van der Waals surface area (Å²) in [5, 5.41) is 4.01. The van der Waals surface area contributed by atoms with E-state index in [1.165, 1.54) is 11.1 Å². The number of hydrogen-bond acceptors (Lipinski definition) is 4. The normalized spacial score (nSPS) is 12.7. The van der Waals surface area contributed by atoms with Crippen LogP contribution < -0.4 is 0 Å². The Morgan fingerprint density at radius 1 is 1.24 bits per heavy atom. The number of ketones is 1. The van der Waals surface area contributed by atoms with E-state index in [2.05, 4.69) is 42.2 Å². The van der Waals surface area contributed by atoms with Crippen molar-refractivity contribution in [3.8, 4) is 0 Å². The Bertz CT molecular complexity index is 644. The first-order chi connectivity index (χ1) is 9.88. The molecule has 0 spiro atoms. The SMILES string of the molecule is CC(=O)C(c1nc(Cc2ccc(C)c(C)c2)no1)C(C)C. The van der Waals surface area contributed by atoms with E-state index in [-0.39, 0.29) is 17.6 Å². The molecule has 0 fully saturated rings. The van der Waals surface area contributed by atoms with Crippen molar-refractivity contribution in [2.24, 2.45) is 5.92 Å². The monoisotopic (exact) mass is 286 g/mol. The summed E-state index contributed by atoms with van der Waals surface area (Å²) in [7, 11) is 0. The third-order valence-corrected chi connectivity index (χ3v) is 3.79. The topological polar surface area (TPSA) is 56.0 Å². The van der Waals surface area contributed by atoms with Crippen LogP contribution in [0.5, 0.6) is 0 Å². The van der Waals surface area contributed by atoms with Gasteiger partial charge in [-0.05, 0) is 43.4 Å². The Balaban J connectivity index is 2.19. The first-order valence-electron chi connectivity index (χ1n) is 7.27. The van der Waals surface area contributed by atoms with Crippen LogP contribution in [-0.2, 0) is 11.2 Å². The number of aryl methyl sites for hydroxylation is 2. The van der Waals surface area contributed by atoms with Crippen LogP contribution in [0.1, 0.15) is 55.1 Å². The van der Waals surface area contributed by atoms with Crippen molar-refractivity contribution >= 4 is 5.78 Å². The summed E-state index contributed by atoms with van der Waals surface area (Å²) in [6.07, 6.45) is 0.618. The molecule has 1 unspecified atom stereocenters. The lowest BCUT2D eigenvalue weighted by molar-refractivity contribution is -0.119. The van der Waals surface area contributed by atoms with E-state index in [0.717, 1.165) is 5.56 Å². The molecular formula is C17H22N2O2. The molecule has 0 aliphatic rings. The number of hydrogen-bond donors (Lipinski definition) is 0. The van der Waals surface area contributed by atoms with Gasteiger partial charge in [-0.25, -0.2) is 0 Å². The lowest BCUT2D eigenvalue weighted by Crippen LogP contribution is -2.15. The number of nitrogens with zero attached hydrogens (tertiary/aromatic N) is 2. The van der Waals surface area contributed by atoms with Crippen LogP contribution in [0, 0.1) is 19.8 Å². The number of Topliss-reactive ketones (excluding diaryl/α,β-unsaturated/α-hetero) is 1. The lowest BCUT2D eigenvalue weighted by Gasteiger charge is -2.12. The molecule has 0 bridgehead atoms. The van der Waals surface area contributed by atoms with Crippen molar-refractivity contribution in [2.45, 2.75) is 47.0 Å². The second-order valence-corrected chi connectivity index (χ2v) is 5.98. The van der Waals surface area contributed by atoms with Crippen molar-refractivity contribution in [1.29, 1.82) is 0 Å². The highest BCUT2D eigenvalue weighted by molar-refractivity contribution is 5.82. The van der Waals surface area contributed by atoms with E-state index in [4.69, 9.17) is 4.52 Å². The Morgan fingerprint density at radius 3 is 2.52 bits per heavy atom. The van der Waals surface area contributed by atoms with E-state index < -0.39 is 0 Å². The number of carbonyl (C=O) groups is 1. The van der Waals surface area contributed by atoms with Crippen LogP contribution in [0.4, 0.5) is 0 Å². The molecule has 1 aromatic carbocycles. The zero-order chi connectivity index (χ0) is 15.6. The molecule has 0 amide bonds. The molecule has 4 nitrogen and oxygen atoms in total. The second kappa shape index (κ2) is 6.20. The van der Waals surface area contributed by atoms with Gasteiger partial charge in [0.1, 0.15) is 5.78 Å². The number of benzene rings is 1. The fourth-order valence-electron chi connectivity index (χ4n) is 2.49. The average molecular weight is 286 g/mol. The van der Waals surface area contributed by atoms with Gasteiger partial charge < -0.3 is 4.52 Å². The smallest absolute Gasteiger partial charge is 0.237 e. The molecule has 0 aliphatic carbocycles. The van der Waals surface area contributed by atoms with Gasteiger partial charge in [0.15, 0.2) is 5.82 Å². The molecule has 1 heterocycles. The number of aromatic nitrogens is 2. The molecule has 4 heteroatoms. The van der Waals surface area contributed by atoms with Crippen molar-refractivity contribution in [3.05, 3.63) is 46.6 Å². The van der Waals surface area contributed by atoms with Gasteiger partial charge in [-0.3, -0.25) is 4.79 Å². The standard InChI is InChI=1S/C17H22N2O2/c1-10(2)16(13(5)20)17-18-15(19-21-17)9-14-7-6-11(3)12(4)8-14/h6-8,10,16H,9H2,1-5H3. The van der Waals surface area contributed by atoms with Crippen molar-refractivity contribution in [1.82, 2.24) is 10.1 Å². The highest BCUT2D eigenvalue weighted by atomic mass is 16.5. The highest BCUT2D eigenvalue weighted by Crippen LogP contribution is 2.24. The molecule has 0 saturated carbocycles. The highest BCUT2D eigenvalue weighted by Gasteiger charge is 2.26. The second-order valence-electron chi connectivity index (χ2n) is 5.98. The molecule has 112 valence electrons. The van der Waals surface area contributed by atoms with Crippen LogP contribution in [0.25, 0.3) is 0 Å². The van der Waals surface area contributed by atoms with E-state index in [0.29, 0.717) is 18.1 Å². The summed E-state index contributed by atoms with van der Waals surface area (Å²) in [6, 6.07) is 6.30. The Kier molecular flexibility index (Phi) is 4.56. The van der Waals surface area contributed by atoms with Gasteiger partial charge in [-0.1, -0.05) is 37.2 Å². The molecule has 1 atom stereocenters. The van der Waals surface area contributed by atoms with Gasteiger partial charge in [0.05, 0.1) is 5.92 Å². The van der Waals surface area contributed by atoms with Gasteiger partial charge in [-0.2, -0.15) is 4.98 Å². The zero-order valence-corrected chi connectivity index (χ0v) is 13.3. The molecule has 0 saturated heterocycles. The number of carbonyl (C=O) groups excluding carboxylic acids is 1. The van der Waals surface area contributed by atoms with Gasteiger partial charge in [-0.15, -0.1) is 0 Å². The maximum Gasteiger partial charge on any atom is 0.237 e. The van der Waals surface area contributed by atoms with Crippen LogP contribution >= 0.6 is 0 Å². The van der Waals surface area contributed by atoms with Crippen molar-refractivity contribution < 1.29 is 9.32 Å². The summed E-state index contributed by atoms with van der Waals surface area (Å²) >= 11 is 0. The molecule has 2 rings (SSSR count). The molecule has 2 aromatic rings. The molecule has 0 N–H and O–H groups in total.